The summed E-state index contributed by atoms with van der Waals surface area (Å²) in [6, 6.07) is 15.7. The van der Waals surface area contributed by atoms with Gasteiger partial charge in [-0.3, -0.25) is 14.8 Å². The van der Waals surface area contributed by atoms with Crippen molar-refractivity contribution in [3.05, 3.63) is 90.8 Å². The molecule has 0 aliphatic carbocycles. The van der Waals surface area contributed by atoms with Crippen LogP contribution in [0.5, 0.6) is 0 Å². The number of anilines is 1. The quantitative estimate of drug-likeness (QED) is 0.339. The zero-order valence-corrected chi connectivity index (χ0v) is 21.3. The van der Waals surface area contributed by atoms with E-state index in [4.69, 9.17) is 0 Å². The Morgan fingerprint density at radius 3 is 2.83 bits per heavy atom. The highest BCUT2D eigenvalue weighted by atomic mass is 19.1. The molecule has 11 heteroatoms. The number of H-pyrrole nitrogens is 1. The highest BCUT2D eigenvalue weighted by molar-refractivity contribution is 6.10. The summed E-state index contributed by atoms with van der Waals surface area (Å²) < 4.78 is 17.1. The fourth-order valence-corrected chi connectivity index (χ4v) is 5.31. The second-order valence-corrected chi connectivity index (χ2v) is 9.74. The molecule has 0 bridgehead atoms. The molecule has 0 spiro atoms. The Morgan fingerprint density at radius 1 is 1.05 bits per heavy atom. The largest absolute Gasteiger partial charge is 0.315 e. The maximum atomic E-state index is 15.7. The Kier molecular flexibility index (Phi) is 5.97. The van der Waals surface area contributed by atoms with Gasteiger partial charge < -0.3 is 5.32 Å². The molecule has 1 amide bonds. The van der Waals surface area contributed by atoms with Crippen LogP contribution in [0.4, 0.5) is 10.2 Å². The lowest BCUT2D eigenvalue weighted by atomic mass is 10.0. The minimum absolute atomic E-state index is 0.0412. The molecule has 40 heavy (non-hydrogen) atoms. The summed E-state index contributed by atoms with van der Waals surface area (Å²) in [4.78, 5) is 24.7. The number of amides is 1. The van der Waals surface area contributed by atoms with E-state index in [-0.39, 0.29) is 11.6 Å². The summed E-state index contributed by atoms with van der Waals surface area (Å²) >= 11 is 0. The van der Waals surface area contributed by atoms with Crippen molar-refractivity contribution in [3.63, 3.8) is 0 Å². The number of hydrogen-bond acceptors (Lipinski definition) is 7. The van der Waals surface area contributed by atoms with Crippen molar-refractivity contribution in [1.82, 2.24) is 40.5 Å². The third-order valence-corrected chi connectivity index (χ3v) is 7.29. The van der Waals surface area contributed by atoms with E-state index in [2.05, 4.69) is 35.8 Å². The van der Waals surface area contributed by atoms with E-state index < -0.39 is 11.7 Å². The predicted molar refractivity (Wildman–Crippen MR) is 149 cm³/mol. The monoisotopic (exact) mass is 533 g/mol. The molecule has 1 saturated heterocycles. The van der Waals surface area contributed by atoms with Crippen molar-refractivity contribution >= 4 is 33.7 Å². The first-order valence-electron chi connectivity index (χ1n) is 13.1. The summed E-state index contributed by atoms with van der Waals surface area (Å²) in [5.41, 5.74) is 3.44. The van der Waals surface area contributed by atoms with Gasteiger partial charge in [-0.15, -0.1) is 5.10 Å². The van der Waals surface area contributed by atoms with Gasteiger partial charge >= 0.3 is 0 Å². The zero-order chi connectivity index (χ0) is 27.1. The van der Waals surface area contributed by atoms with Crippen molar-refractivity contribution in [2.45, 2.75) is 18.9 Å². The summed E-state index contributed by atoms with van der Waals surface area (Å²) in [7, 11) is 0. The van der Waals surface area contributed by atoms with Gasteiger partial charge in [-0.25, -0.2) is 14.4 Å². The van der Waals surface area contributed by atoms with Crippen LogP contribution in [-0.4, -0.2) is 60.2 Å². The second kappa shape index (κ2) is 9.93. The molecule has 2 aromatic carbocycles. The fraction of sp³-hybridized carbons (Fsp3) is 0.172. The molecule has 0 unspecified atom stereocenters. The van der Waals surface area contributed by atoms with Crippen LogP contribution in [0.2, 0.25) is 0 Å². The summed E-state index contributed by atoms with van der Waals surface area (Å²) in [5, 5.41) is 20.2. The average molecular weight is 534 g/mol. The van der Waals surface area contributed by atoms with Crippen LogP contribution in [0, 0.1) is 5.82 Å². The number of pyridine rings is 2. The molecule has 0 saturated carbocycles. The SMILES string of the molecule is O=C(c1ccc(-n2nnc3cccnc32)cc1F)N(c1nccc2cc(-c3cn[nH]c3)ccc12)[C@@H]1CCCNC1. The van der Waals surface area contributed by atoms with Crippen LogP contribution in [0.3, 0.4) is 0 Å². The number of benzene rings is 2. The van der Waals surface area contributed by atoms with Crippen LogP contribution >= 0.6 is 0 Å². The molecule has 1 atom stereocenters. The molecule has 1 aliphatic heterocycles. The van der Waals surface area contributed by atoms with Gasteiger partial charge in [0.15, 0.2) is 5.65 Å². The van der Waals surface area contributed by atoms with Gasteiger partial charge in [-0.05, 0) is 66.7 Å². The number of nitrogens with one attached hydrogen (secondary N) is 2. The normalized spacial score (nSPS) is 15.5. The molecule has 5 heterocycles. The Balaban J connectivity index is 1.30. The molecule has 4 aromatic heterocycles. The van der Waals surface area contributed by atoms with E-state index in [1.807, 2.05) is 30.5 Å². The number of carbonyl (C=O) groups is 1. The average Bonchev–Trinajstić information content (AvgIpc) is 3.69. The Bertz CT molecular complexity index is 1840. The lowest BCUT2D eigenvalue weighted by Gasteiger charge is -2.34. The number of aromatic amines is 1. The smallest absolute Gasteiger partial charge is 0.262 e. The summed E-state index contributed by atoms with van der Waals surface area (Å²) in [5.74, 6) is -0.596. The van der Waals surface area contributed by atoms with Gasteiger partial charge in [-0.2, -0.15) is 9.78 Å². The maximum Gasteiger partial charge on any atom is 0.262 e. The van der Waals surface area contributed by atoms with Crippen molar-refractivity contribution in [2.75, 3.05) is 18.0 Å². The van der Waals surface area contributed by atoms with Gasteiger partial charge in [0.25, 0.3) is 5.91 Å². The number of hydrogen-bond donors (Lipinski definition) is 2. The van der Waals surface area contributed by atoms with Crippen LogP contribution < -0.4 is 10.2 Å². The standard InChI is InChI=1S/C29H24FN9O/c30-25-14-21(39-28-26(36-37-39)4-2-11-32-28)6-8-24(25)29(40)38(22-3-1-10-31-17-22)27-23-7-5-18(20-15-34-35-16-20)13-19(23)9-12-33-27/h2,4-9,11-16,22,31H,1,3,10,17H2,(H,34,35)/t22-/m1/s1. The molecule has 0 radical (unpaired) electrons. The number of piperidine rings is 1. The highest BCUT2D eigenvalue weighted by Crippen LogP contribution is 2.32. The topological polar surface area (TPSA) is 118 Å². The Morgan fingerprint density at radius 2 is 2.00 bits per heavy atom. The number of aromatic nitrogens is 7. The highest BCUT2D eigenvalue weighted by Gasteiger charge is 2.31. The molecule has 6 aromatic rings. The van der Waals surface area contributed by atoms with E-state index in [1.165, 1.54) is 16.8 Å². The minimum Gasteiger partial charge on any atom is -0.315 e. The maximum absolute atomic E-state index is 15.7. The van der Waals surface area contributed by atoms with Gasteiger partial charge in [0.05, 0.1) is 23.5 Å². The molecule has 1 fully saturated rings. The van der Waals surface area contributed by atoms with Gasteiger partial charge in [-0.1, -0.05) is 17.3 Å². The van der Waals surface area contributed by atoms with Gasteiger partial charge in [0.1, 0.15) is 17.2 Å². The predicted octanol–water partition coefficient (Wildman–Crippen LogP) is 4.29. The molecule has 198 valence electrons. The van der Waals surface area contributed by atoms with E-state index in [1.54, 1.807) is 41.7 Å². The van der Waals surface area contributed by atoms with Crippen LogP contribution in [0.25, 0.3) is 38.8 Å². The van der Waals surface area contributed by atoms with Gasteiger partial charge in [0, 0.05) is 42.2 Å². The van der Waals surface area contributed by atoms with Crippen molar-refractivity contribution in [1.29, 1.82) is 0 Å². The summed E-state index contributed by atoms with van der Waals surface area (Å²) in [6.45, 7) is 1.46. The molecule has 2 N–H and O–H groups in total. The molecular weight excluding hydrogens is 509 g/mol. The third-order valence-electron chi connectivity index (χ3n) is 7.29. The fourth-order valence-electron chi connectivity index (χ4n) is 5.31. The second-order valence-electron chi connectivity index (χ2n) is 9.74. The molecular formula is C29H24FN9O. The minimum atomic E-state index is -0.654. The Hall–Kier alpha value is -5.03. The first-order valence-corrected chi connectivity index (χ1v) is 13.1. The van der Waals surface area contributed by atoms with Crippen molar-refractivity contribution in [2.24, 2.45) is 0 Å². The lowest BCUT2D eigenvalue weighted by molar-refractivity contribution is 0.0968. The molecule has 7 rings (SSSR count). The number of halogens is 1. The van der Waals surface area contributed by atoms with E-state index >= 15 is 4.39 Å². The van der Waals surface area contributed by atoms with E-state index in [0.29, 0.717) is 29.2 Å². The van der Waals surface area contributed by atoms with Crippen molar-refractivity contribution < 1.29 is 9.18 Å². The summed E-state index contributed by atoms with van der Waals surface area (Å²) in [6.07, 6.45) is 8.59. The van der Waals surface area contributed by atoms with Gasteiger partial charge in [0.2, 0.25) is 0 Å². The van der Waals surface area contributed by atoms with Crippen LogP contribution in [0.1, 0.15) is 23.2 Å². The third kappa shape index (κ3) is 4.16. The number of fused-ring (bicyclic) bond motifs is 2. The van der Waals surface area contributed by atoms with Crippen LogP contribution in [0.15, 0.2) is 79.4 Å². The Labute approximate surface area is 227 Å². The number of nitrogens with zero attached hydrogens (tertiary/aromatic N) is 7. The van der Waals surface area contributed by atoms with Crippen LogP contribution in [-0.2, 0) is 0 Å². The first-order chi connectivity index (χ1) is 19.7. The van der Waals surface area contributed by atoms with E-state index in [9.17, 15) is 4.79 Å². The molecule has 1 aliphatic rings. The lowest BCUT2D eigenvalue weighted by Crippen LogP contribution is -2.49. The molecule has 10 nitrogen and oxygen atoms in total. The number of carbonyl (C=O) groups excluding carboxylic acids is 1. The number of rotatable bonds is 5. The zero-order valence-electron chi connectivity index (χ0n) is 21.3. The van der Waals surface area contributed by atoms with E-state index in [0.717, 1.165) is 41.3 Å². The van der Waals surface area contributed by atoms with Crippen molar-refractivity contribution in [3.8, 4) is 16.8 Å². The first kappa shape index (κ1) is 24.0.